The van der Waals surface area contributed by atoms with E-state index in [9.17, 15) is 4.79 Å². The Bertz CT molecular complexity index is 613. The minimum absolute atomic E-state index is 0.383. The standard InChI is InChI=1S/C13H15N3O3S/c1-8-7-20-13(14-8)16-12(17)15-10-6-9(18-2)4-5-11(10)19-3/h4-7H,1-3H3,(H2,14,15,16,17). The summed E-state index contributed by atoms with van der Waals surface area (Å²) in [5.74, 6) is 1.18. The number of carbonyl (C=O) groups excluding carboxylic acids is 1. The number of thiazole rings is 1. The summed E-state index contributed by atoms with van der Waals surface area (Å²) in [6.07, 6.45) is 0. The van der Waals surface area contributed by atoms with Gasteiger partial charge < -0.3 is 14.8 Å². The van der Waals surface area contributed by atoms with Crippen LogP contribution in [-0.4, -0.2) is 25.2 Å². The first-order valence-electron chi connectivity index (χ1n) is 5.84. The molecule has 2 amide bonds. The second-order valence-corrected chi connectivity index (χ2v) is 4.80. The monoisotopic (exact) mass is 293 g/mol. The summed E-state index contributed by atoms with van der Waals surface area (Å²) in [6.45, 7) is 1.87. The third-order valence-corrected chi connectivity index (χ3v) is 3.37. The van der Waals surface area contributed by atoms with Crippen molar-refractivity contribution in [1.29, 1.82) is 0 Å². The van der Waals surface area contributed by atoms with E-state index in [1.807, 2.05) is 12.3 Å². The molecule has 0 spiro atoms. The molecule has 20 heavy (non-hydrogen) atoms. The van der Waals surface area contributed by atoms with E-state index < -0.39 is 0 Å². The maximum Gasteiger partial charge on any atom is 0.325 e. The fourth-order valence-corrected chi connectivity index (χ4v) is 2.26. The van der Waals surface area contributed by atoms with Crippen LogP contribution in [0.1, 0.15) is 5.69 Å². The van der Waals surface area contributed by atoms with Crippen molar-refractivity contribution in [3.05, 3.63) is 29.3 Å². The Labute approximate surface area is 120 Å². The van der Waals surface area contributed by atoms with Gasteiger partial charge in [-0.25, -0.2) is 9.78 Å². The molecule has 0 aliphatic heterocycles. The van der Waals surface area contributed by atoms with Crippen molar-refractivity contribution >= 4 is 28.2 Å². The highest BCUT2D eigenvalue weighted by Crippen LogP contribution is 2.29. The highest BCUT2D eigenvalue weighted by atomic mass is 32.1. The number of hydrogen-bond donors (Lipinski definition) is 2. The Kier molecular flexibility index (Phi) is 4.41. The molecule has 1 heterocycles. The van der Waals surface area contributed by atoms with Gasteiger partial charge >= 0.3 is 6.03 Å². The summed E-state index contributed by atoms with van der Waals surface area (Å²) < 4.78 is 10.3. The summed E-state index contributed by atoms with van der Waals surface area (Å²) in [5.41, 5.74) is 1.39. The van der Waals surface area contributed by atoms with Crippen molar-refractivity contribution in [3.8, 4) is 11.5 Å². The number of urea groups is 1. The number of anilines is 2. The topological polar surface area (TPSA) is 72.5 Å². The SMILES string of the molecule is COc1ccc(OC)c(NC(=O)Nc2nc(C)cs2)c1. The lowest BCUT2D eigenvalue weighted by molar-refractivity contribution is 0.262. The fraction of sp³-hybridized carbons (Fsp3) is 0.231. The third kappa shape index (κ3) is 3.39. The Hall–Kier alpha value is -2.28. The molecule has 0 atom stereocenters. The molecule has 106 valence electrons. The number of rotatable bonds is 4. The molecule has 0 aliphatic rings. The fourth-order valence-electron chi connectivity index (χ4n) is 1.57. The van der Waals surface area contributed by atoms with Crippen LogP contribution in [0.15, 0.2) is 23.6 Å². The molecular formula is C13H15N3O3S. The maximum absolute atomic E-state index is 11.9. The predicted octanol–water partition coefficient (Wildman–Crippen LogP) is 3.11. The van der Waals surface area contributed by atoms with Crippen molar-refractivity contribution in [2.45, 2.75) is 6.92 Å². The summed E-state index contributed by atoms with van der Waals surface area (Å²) in [4.78, 5) is 16.1. The average molecular weight is 293 g/mol. The minimum Gasteiger partial charge on any atom is -0.497 e. The van der Waals surface area contributed by atoms with Crippen LogP contribution in [0.3, 0.4) is 0 Å². The Balaban J connectivity index is 2.10. The van der Waals surface area contributed by atoms with Crippen molar-refractivity contribution in [2.24, 2.45) is 0 Å². The quantitative estimate of drug-likeness (QED) is 0.908. The zero-order chi connectivity index (χ0) is 14.5. The largest absolute Gasteiger partial charge is 0.497 e. The molecule has 0 radical (unpaired) electrons. The first-order valence-corrected chi connectivity index (χ1v) is 6.72. The zero-order valence-corrected chi connectivity index (χ0v) is 12.2. The van der Waals surface area contributed by atoms with Crippen LogP contribution in [0, 0.1) is 6.92 Å². The van der Waals surface area contributed by atoms with Gasteiger partial charge in [-0.05, 0) is 19.1 Å². The minimum atomic E-state index is -0.383. The number of aromatic nitrogens is 1. The molecule has 7 heteroatoms. The van der Waals surface area contributed by atoms with Crippen molar-refractivity contribution in [3.63, 3.8) is 0 Å². The van der Waals surface area contributed by atoms with Gasteiger partial charge in [-0.15, -0.1) is 11.3 Å². The molecule has 0 saturated heterocycles. The van der Waals surface area contributed by atoms with E-state index in [4.69, 9.17) is 9.47 Å². The number of benzene rings is 1. The lowest BCUT2D eigenvalue weighted by atomic mass is 10.2. The third-order valence-electron chi connectivity index (χ3n) is 2.49. The summed E-state index contributed by atoms with van der Waals surface area (Å²) in [6, 6.07) is 4.78. The molecule has 2 rings (SSSR count). The average Bonchev–Trinajstić information content (AvgIpc) is 2.83. The summed E-state index contributed by atoms with van der Waals surface area (Å²) >= 11 is 1.37. The molecule has 2 N–H and O–H groups in total. The van der Waals surface area contributed by atoms with Gasteiger partial charge in [-0.3, -0.25) is 5.32 Å². The van der Waals surface area contributed by atoms with Gasteiger partial charge in [0.25, 0.3) is 0 Å². The van der Waals surface area contributed by atoms with Crippen molar-refractivity contribution in [2.75, 3.05) is 24.9 Å². The van der Waals surface area contributed by atoms with E-state index in [2.05, 4.69) is 15.6 Å². The number of ether oxygens (including phenoxy) is 2. The highest BCUT2D eigenvalue weighted by molar-refractivity contribution is 7.13. The second kappa shape index (κ2) is 6.25. The zero-order valence-electron chi connectivity index (χ0n) is 11.4. The number of nitrogens with zero attached hydrogens (tertiary/aromatic N) is 1. The smallest absolute Gasteiger partial charge is 0.325 e. The summed E-state index contributed by atoms with van der Waals surface area (Å²) in [7, 11) is 3.10. The first kappa shape index (κ1) is 14.1. The lowest BCUT2D eigenvalue weighted by Gasteiger charge is -2.11. The van der Waals surface area contributed by atoms with Gasteiger partial charge in [0.15, 0.2) is 5.13 Å². The van der Waals surface area contributed by atoms with Gasteiger partial charge in [0.05, 0.1) is 25.6 Å². The van der Waals surface area contributed by atoms with E-state index in [1.165, 1.54) is 18.4 Å². The molecule has 0 fully saturated rings. The van der Waals surface area contributed by atoms with E-state index in [1.54, 1.807) is 25.3 Å². The lowest BCUT2D eigenvalue weighted by Crippen LogP contribution is -2.19. The van der Waals surface area contributed by atoms with Crippen LogP contribution < -0.4 is 20.1 Å². The second-order valence-electron chi connectivity index (χ2n) is 3.94. The van der Waals surface area contributed by atoms with Crippen LogP contribution in [0.4, 0.5) is 15.6 Å². The molecule has 1 aromatic carbocycles. The summed E-state index contributed by atoms with van der Waals surface area (Å²) in [5, 5.41) is 7.77. The molecule has 2 aromatic rings. The molecule has 6 nitrogen and oxygen atoms in total. The Morgan fingerprint density at radius 1 is 1.25 bits per heavy atom. The molecule has 0 saturated carbocycles. The van der Waals surface area contributed by atoms with Crippen molar-refractivity contribution < 1.29 is 14.3 Å². The van der Waals surface area contributed by atoms with E-state index in [0.717, 1.165) is 5.69 Å². The van der Waals surface area contributed by atoms with Crippen LogP contribution in [-0.2, 0) is 0 Å². The normalized spacial score (nSPS) is 9.95. The van der Waals surface area contributed by atoms with E-state index >= 15 is 0 Å². The molecule has 0 unspecified atom stereocenters. The number of aryl methyl sites for hydroxylation is 1. The van der Waals surface area contributed by atoms with Crippen LogP contribution >= 0.6 is 11.3 Å². The number of methoxy groups -OCH3 is 2. The number of hydrogen-bond acceptors (Lipinski definition) is 5. The van der Waals surface area contributed by atoms with Gasteiger partial charge in [0, 0.05) is 11.4 Å². The number of carbonyl (C=O) groups is 1. The molecule has 1 aromatic heterocycles. The number of nitrogens with one attached hydrogen (secondary N) is 2. The van der Waals surface area contributed by atoms with Gasteiger partial charge in [-0.1, -0.05) is 0 Å². The van der Waals surface area contributed by atoms with Crippen LogP contribution in [0.5, 0.6) is 11.5 Å². The molecule has 0 bridgehead atoms. The van der Waals surface area contributed by atoms with Crippen LogP contribution in [0.25, 0.3) is 0 Å². The predicted molar refractivity (Wildman–Crippen MR) is 79.0 cm³/mol. The Morgan fingerprint density at radius 3 is 2.65 bits per heavy atom. The first-order chi connectivity index (χ1) is 9.62. The van der Waals surface area contributed by atoms with Crippen LogP contribution in [0.2, 0.25) is 0 Å². The van der Waals surface area contributed by atoms with Gasteiger partial charge in [0.2, 0.25) is 0 Å². The highest BCUT2D eigenvalue weighted by Gasteiger charge is 2.10. The van der Waals surface area contributed by atoms with Gasteiger partial charge in [-0.2, -0.15) is 0 Å². The van der Waals surface area contributed by atoms with E-state index in [-0.39, 0.29) is 6.03 Å². The van der Waals surface area contributed by atoms with Gasteiger partial charge in [0.1, 0.15) is 11.5 Å². The molecule has 0 aliphatic carbocycles. The maximum atomic E-state index is 11.9. The van der Waals surface area contributed by atoms with E-state index in [0.29, 0.717) is 22.3 Å². The molecular weight excluding hydrogens is 278 g/mol. The number of amides is 2. The van der Waals surface area contributed by atoms with Crippen molar-refractivity contribution in [1.82, 2.24) is 4.98 Å². The Morgan fingerprint density at radius 2 is 2.05 bits per heavy atom.